The second-order valence-corrected chi connectivity index (χ2v) is 9.62. The van der Waals surface area contributed by atoms with Gasteiger partial charge in [0.2, 0.25) is 0 Å². The van der Waals surface area contributed by atoms with Crippen LogP contribution >= 0.6 is 15.9 Å². The molecule has 3 amide bonds. The van der Waals surface area contributed by atoms with Crippen molar-refractivity contribution in [2.75, 3.05) is 6.54 Å². The summed E-state index contributed by atoms with van der Waals surface area (Å²) in [5, 5.41) is 2.02. The first kappa shape index (κ1) is 22.3. The summed E-state index contributed by atoms with van der Waals surface area (Å²) in [5.41, 5.74) is 0.688. The van der Waals surface area contributed by atoms with E-state index in [0.29, 0.717) is 26.1 Å². The molecule has 1 aliphatic heterocycles. The number of hydrogen-bond donors (Lipinski definition) is 0. The third-order valence-corrected chi connectivity index (χ3v) is 7.06. The largest absolute Gasteiger partial charge is 0.337 e. The van der Waals surface area contributed by atoms with E-state index in [-0.39, 0.29) is 11.9 Å². The monoisotopic (exact) mass is 516 g/mol. The zero-order chi connectivity index (χ0) is 23.7. The van der Waals surface area contributed by atoms with Gasteiger partial charge in [-0.2, -0.15) is 0 Å². The molecule has 4 aromatic rings. The molecule has 34 heavy (non-hydrogen) atoms. The zero-order valence-corrected chi connectivity index (χ0v) is 20.5. The molecule has 6 nitrogen and oxygen atoms in total. The Morgan fingerprint density at radius 1 is 0.971 bits per heavy atom. The van der Waals surface area contributed by atoms with E-state index >= 15 is 0 Å². The van der Waals surface area contributed by atoms with Crippen LogP contribution in [0.15, 0.2) is 89.9 Å². The van der Waals surface area contributed by atoms with Crippen LogP contribution < -0.4 is 0 Å². The maximum absolute atomic E-state index is 14.0. The number of amides is 3. The van der Waals surface area contributed by atoms with E-state index in [9.17, 15) is 9.59 Å². The molecule has 0 spiro atoms. The lowest BCUT2D eigenvalue weighted by molar-refractivity contribution is -0.133. The Kier molecular flexibility index (Phi) is 5.96. The van der Waals surface area contributed by atoms with Crippen LogP contribution in [0, 0.1) is 0 Å². The topological polar surface area (TPSA) is 58.4 Å². The smallest absolute Gasteiger partial charge is 0.328 e. The third-order valence-electron chi connectivity index (χ3n) is 6.56. The van der Waals surface area contributed by atoms with Crippen molar-refractivity contribution >= 4 is 38.6 Å². The lowest BCUT2D eigenvalue weighted by atomic mass is 9.86. The van der Waals surface area contributed by atoms with E-state index in [0.717, 1.165) is 26.4 Å². The van der Waals surface area contributed by atoms with Gasteiger partial charge in [0.1, 0.15) is 5.54 Å². The highest BCUT2D eigenvalue weighted by Crippen LogP contribution is 2.41. The summed E-state index contributed by atoms with van der Waals surface area (Å²) in [6, 6.07) is 21.6. The van der Waals surface area contributed by atoms with Crippen LogP contribution in [0.1, 0.15) is 24.5 Å². The second-order valence-electron chi connectivity index (χ2n) is 8.71. The van der Waals surface area contributed by atoms with Crippen molar-refractivity contribution < 1.29 is 9.59 Å². The molecule has 0 saturated carbocycles. The number of hydrogen-bond acceptors (Lipinski definition) is 3. The number of urea groups is 1. The van der Waals surface area contributed by atoms with E-state index < -0.39 is 5.54 Å². The number of nitrogens with zero attached hydrogens (tertiary/aromatic N) is 4. The van der Waals surface area contributed by atoms with Gasteiger partial charge in [0.15, 0.2) is 0 Å². The lowest BCUT2D eigenvalue weighted by Crippen LogP contribution is -2.44. The molecule has 7 heteroatoms. The second kappa shape index (κ2) is 9.06. The first-order valence-corrected chi connectivity index (χ1v) is 12.1. The molecule has 1 saturated heterocycles. The fourth-order valence-electron chi connectivity index (χ4n) is 4.78. The normalized spacial score (nSPS) is 18.3. The van der Waals surface area contributed by atoms with Crippen LogP contribution in [0.2, 0.25) is 0 Å². The van der Waals surface area contributed by atoms with Gasteiger partial charge < -0.3 is 9.47 Å². The number of carbonyl (C=O) groups excluding carboxylic acids is 2. The SMILES string of the molecule is CC1(c2cccc3ccccc23)C(=O)N(CCCn2ccnc2)C(=O)N1Cc1cccc(Br)c1. The highest BCUT2D eigenvalue weighted by molar-refractivity contribution is 9.10. The van der Waals surface area contributed by atoms with E-state index in [1.165, 1.54) is 4.90 Å². The van der Waals surface area contributed by atoms with Crippen molar-refractivity contribution in [1.29, 1.82) is 0 Å². The van der Waals surface area contributed by atoms with E-state index in [4.69, 9.17) is 0 Å². The number of aryl methyl sites for hydroxylation is 1. The quantitative estimate of drug-likeness (QED) is 0.301. The maximum Gasteiger partial charge on any atom is 0.328 e. The van der Waals surface area contributed by atoms with Crippen LogP contribution in [0.5, 0.6) is 0 Å². The first-order valence-electron chi connectivity index (χ1n) is 11.3. The summed E-state index contributed by atoms with van der Waals surface area (Å²) in [4.78, 5) is 34.9. The van der Waals surface area contributed by atoms with Gasteiger partial charge >= 0.3 is 6.03 Å². The van der Waals surface area contributed by atoms with Gasteiger partial charge in [0.05, 0.1) is 6.33 Å². The van der Waals surface area contributed by atoms with Crippen molar-refractivity contribution in [1.82, 2.24) is 19.4 Å². The van der Waals surface area contributed by atoms with Gasteiger partial charge in [-0.25, -0.2) is 9.78 Å². The predicted octanol–water partition coefficient (Wildman–Crippen LogP) is 5.57. The molecule has 0 bridgehead atoms. The predicted molar refractivity (Wildman–Crippen MR) is 135 cm³/mol. The van der Waals surface area contributed by atoms with Crippen molar-refractivity contribution in [3.05, 3.63) is 101 Å². The Balaban J connectivity index is 1.54. The number of carbonyl (C=O) groups is 2. The fraction of sp³-hybridized carbons (Fsp3) is 0.222. The van der Waals surface area contributed by atoms with Crippen LogP contribution in [0.3, 0.4) is 0 Å². The van der Waals surface area contributed by atoms with Gasteiger partial charge in [-0.15, -0.1) is 0 Å². The van der Waals surface area contributed by atoms with Crippen molar-refractivity contribution in [3.63, 3.8) is 0 Å². The molecule has 0 aliphatic carbocycles. The molecule has 1 fully saturated rings. The summed E-state index contributed by atoms with van der Waals surface area (Å²) >= 11 is 3.52. The number of aromatic nitrogens is 2. The Hall–Kier alpha value is -3.45. The van der Waals surface area contributed by atoms with Crippen molar-refractivity contribution in [3.8, 4) is 0 Å². The Labute approximate surface area is 206 Å². The molecular weight excluding hydrogens is 492 g/mol. The van der Waals surface area contributed by atoms with Gasteiger partial charge in [-0.05, 0) is 47.4 Å². The van der Waals surface area contributed by atoms with Gasteiger partial charge in [0.25, 0.3) is 5.91 Å². The molecular formula is C27H25BrN4O2. The molecule has 1 aliphatic rings. The minimum absolute atomic E-state index is 0.186. The molecule has 0 N–H and O–H groups in total. The van der Waals surface area contributed by atoms with Crippen LogP contribution in [0.25, 0.3) is 10.8 Å². The number of rotatable bonds is 7. The number of imide groups is 1. The van der Waals surface area contributed by atoms with Gasteiger partial charge in [0, 0.05) is 36.5 Å². The van der Waals surface area contributed by atoms with E-state index in [1.807, 2.05) is 84.4 Å². The average Bonchev–Trinajstić information content (AvgIpc) is 3.42. The summed E-state index contributed by atoms with van der Waals surface area (Å²) in [6.45, 7) is 3.25. The van der Waals surface area contributed by atoms with Crippen LogP contribution in [-0.2, 0) is 23.4 Å². The van der Waals surface area contributed by atoms with Crippen LogP contribution in [0.4, 0.5) is 4.79 Å². The summed E-state index contributed by atoms with van der Waals surface area (Å²) in [6.07, 6.45) is 6.01. The van der Waals surface area contributed by atoms with Gasteiger partial charge in [-0.1, -0.05) is 70.5 Å². The average molecular weight is 517 g/mol. The lowest BCUT2D eigenvalue weighted by Gasteiger charge is -2.33. The third kappa shape index (κ3) is 3.90. The molecule has 1 aromatic heterocycles. The minimum Gasteiger partial charge on any atom is -0.337 e. The van der Waals surface area contributed by atoms with E-state index in [2.05, 4.69) is 20.9 Å². The number of benzene rings is 3. The number of halogens is 1. The standard InChI is InChI=1S/C27H25BrN4O2/c1-27(24-12-5-9-21-8-2-3-11-23(21)24)25(33)31(15-6-14-30-16-13-29-19-30)26(34)32(27)18-20-7-4-10-22(28)17-20/h2-5,7-13,16-17,19H,6,14-15,18H2,1H3. The summed E-state index contributed by atoms with van der Waals surface area (Å²) in [7, 11) is 0. The molecule has 1 atom stereocenters. The summed E-state index contributed by atoms with van der Waals surface area (Å²) < 4.78 is 2.89. The first-order chi connectivity index (χ1) is 16.5. The minimum atomic E-state index is -1.12. The van der Waals surface area contributed by atoms with E-state index in [1.54, 1.807) is 17.4 Å². The fourth-order valence-corrected chi connectivity index (χ4v) is 5.23. The van der Waals surface area contributed by atoms with Crippen LogP contribution in [-0.4, -0.2) is 37.8 Å². The summed E-state index contributed by atoms with van der Waals surface area (Å²) in [5.74, 6) is -0.186. The molecule has 5 rings (SSSR count). The Morgan fingerprint density at radius 3 is 2.56 bits per heavy atom. The Morgan fingerprint density at radius 2 is 1.76 bits per heavy atom. The molecule has 1 unspecified atom stereocenters. The van der Waals surface area contributed by atoms with Crippen molar-refractivity contribution in [2.24, 2.45) is 0 Å². The maximum atomic E-state index is 14.0. The molecule has 0 radical (unpaired) electrons. The number of imidazole rings is 1. The number of fused-ring (bicyclic) bond motifs is 1. The Bertz CT molecular complexity index is 1350. The highest BCUT2D eigenvalue weighted by atomic mass is 79.9. The zero-order valence-electron chi connectivity index (χ0n) is 18.9. The van der Waals surface area contributed by atoms with Crippen molar-refractivity contribution in [2.45, 2.75) is 32.0 Å². The molecule has 2 heterocycles. The van der Waals surface area contributed by atoms with Gasteiger partial charge in [-0.3, -0.25) is 9.69 Å². The molecule has 172 valence electrons. The highest BCUT2D eigenvalue weighted by Gasteiger charge is 2.55. The molecule has 3 aromatic carbocycles.